The molecule has 0 saturated carbocycles. The van der Waals surface area contributed by atoms with Gasteiger partial charge in [-0.2, -0.15) is 0 Å². The highest BCUT2D eigenvalue weighted by Crippen LogP contribution is 2.22. The summed E-state index contributed by atoms with van der Waals surface area (Å²) in [7, 11) is 1.32. The van der Waals surface area contributed by atoms with E-state index in [-0.39, 0.29) is 12.5 Å². The lowest BCUT2D eigenvalue weighted by molar-refractivity contribution is -0.118. The zero-order chi connectivity index (χ0) is 18.2. The number of hydrogen-bond donors (Lipinski definition) is 1. The molecule has 0 bridgehead atoms. The lowest BCUT2D eigenvalue weighted by atomic mass is 10.0. The zero-order valence-electron chi connectivity index (χ0n) is 14.8. The number of rotatable bonds is 7. The Labute approximate surface area is 148 Å². The van der Waals surface area contributed by atoms with Gasteiger partial charge < -0.3 is 14.8 Å². The first-order chi connectivity index (χ1) is 12.1. The van der Waals surface area contributed by atoms with E-state index in [1.807, 2.05) is 18.2 Å². The van der Waals surface area contributed by atoms with Crippen molar-refractivity contribution in [3.05, 3.63) is 59.2 Å². The van der Waals surface area contributed by atoms with Crippen LogP contribution in [0.1, 0.15) is 35.3 Å². The van der Waals surface area contributed by atoms with Crippen molar-refractivity contribution in [3.63, 3.8) is 0 Å². The molecule has 0 unspecified atom stereocenters. The lowest BCUT2D eigenvalue weighted by Crippen LogP contribution is -2.21. The van der Waals surface area contributed by atoms with Gasteiger partial charge in [0.25, 0.3) is 5.91 Å². The van der Waals surface area contributed by atoms with Gasteiger partial charge in [0.1, 0.15) is 5.75 Å². The van der Waals surface area contributed by atoms with E-state index in [4.69, 9.17) is 4.74 Å². The molecule has 0 aromatic heterocycles. The summed E-state index contributed by atoms with van der Waals surface area (Å²) in [6.07, 6.45) is 1.68. The SMILES string of the molecule is CCc1cccc(CC)c1NC(=O)COc1cccc(C(=O)OC)c1. The number of methoxy groups -OCH3 is 1. The van der Waals surface area contributed by atoms with E-state index in [9.17, 15) is 9.59 Å². The Morgan fingerprint density at radius 2 is 1.64 bits per heavy atom. The highest BCUT2D eigenvalue weighted by Gasteiger charge is 2.11. The highest BCUT2D eigenvalue weighted by molar-refractivity contribution is 5.93. The average Bonchev–Trinajstić information content (AvgIpc) is 2.66. The Morgan fingerprint density at radius 3 is 2.24 bits per heavy atom. The fourth-order valence-electron chi connectivity index (χ4n) is 2.56. The number of hydrogen-bond acceptors (Lipinski definition) is 4. The smallest absolute Gasteiger partial charge is 0.337 e. The maximum Gasteiger partial charge on any atom is 0.337 e. The van der Waals surface area contributed by atoms with Gasteiger partial charge in [0, 0.05) is 5.69 Å². The molecule has 5 heteroatoms. The average molecular weight is 341 g/mol. The van der Waals surface area contributed by atoms with Crippen molar-refractivity contribution in [3.8, 4) is 5.75 Å². The van der Waals surface area contributed by atoms with Crippen molar-refractivity contribution in [2.75, 3.05) is 19.0 Å². The van der Waals surface area contributed by atoms with Gasteiger partial charge in [-0.15, -0.1) is 0 Å². The third-order valence-corrected chi connectivity index (χ3v) is 3.89. The van der Waals surface area contributed by atoms with Gasteiger partial charge in [0.05, 0.1) is 12.7 Å². The van der Waals surface area contributed by atoms with Crippen LogP contribution in [0.25, 0.3) is 0 Å². The van der Waals surface area contributed by atoms with Crippen LogP contribution in [0.2, 0.25) is 0 Å². The number of carbonyl (C=O) groups is 2. The number of para-hydroxylation sites is 1. The number of amides is 1. The third-order valence-electron chi connectivity index (χ3n) is 3.89. The molecule has 2 aromatic carbocycles. The number of carbonyl (C=O) groups excluding carboxylic acids is 2. The van der Waals surface area contributed by atoms with E-state index in [0.29, 0.717) is 11.3 Å². The Morgan fingerprint density at radius 1 is 1.00 bits per heavy atom. The number of esters is 1. The monoisotopic (exact) mass is 341 g/mol. The number of ether oxygens (including phenoxy) is 2. The number of nitrogens with one attached hydrogen (secondary N) is 1. The van der Waals surface area contributed by atoms with Gasteiger partial charge in [-0.25, -0.2) is 4.79 Å². The van der Waals surface area contributed by atoms with Crippen LogP contribution in [0, 0.1) is 0 Å². The summed E-state index contributed by atoms with van der Waals surface area (Å²) in [5, 5.41) is 2.94. The minimum Gasteiger partial charge on any atom is -0.484 e. The molecule has 0 fully saturated rings. The van der Waals surface area contributed by atoms with E-state index in [1.54, 1.807) is 24.3 Å². The molecule has 0 atom stereocenters. The molecule has 0 spiro atoms. The second-order valence-electron chi connectivity index (χ2n) is 5.51. The van der Waals surface area contributed by atoms with Crippen molar-refractivity contribution in [1.29, 1.82) is 0 Å². The van der Waals surface area contributed by atoms with Gasteiger partial charge in [0.15, 0.2) is 6.61 Å². The molecule has 0 radical (unpaired) electrons. The number of benzene rings is 2. The molecule has 5 nitrogen and oxygen atoms in total. The number of anilines is 1. The molecular formula is C20H23NO4. The van der Waals surface area contributed by atoms with Crippen LogP contribution >= 0.6 is 0 Å². The van der Waals surface area contributed by atoms with E-state index in [0.717, 1.165) is 29.7 Å². The van der Waals surface area contributed by atoms with Crippen LogP contribution in [-0.4, -0.2) is 25.6 Å². The van der Waals surface area contributed by atoms with E-state index in [1.165, 1.54) is 7.11 Å². The molecule has 25 heavy (non-hydrogen) atoms. The first-order valence-electron chi connectivity index (χ1n) is 8.30. The Balaban J connectivity index is 2.03. The summed E-state index contributed by atoms with van der Waals surface area (Å²) in [4.78, 5) is 23.8. The van der Waals surface area contributed by atoms with Crippen LogP contribution < -0.4 is 10.1 Å². The molecule has 2 rings (SSSR count). The predicted octanol–water partition coefficient (Wildman–Crippen LogP) is 3.62. The molecule has 0 aliphatic heterocycles. The number of aryl methyl sites for hydroxylation is 2. The van der Waals surface area contributed by atoms with Crippen LogP contribution in [0.3, 0.4) is 0 Å². The standard InChI is InChI=1S/C20H23NO4/c1-4-14-8-6-9-15(5-2)19(14)21-18(22)13-25-17-11-7-10-16(12-17)20(23)24-3/h6-12H,4-5,13H2,1-3H3,(H,21,22). The van der Waals surface area contributed by atoms with Crippen molar-refractivity contribution >= 4 is 17.6 Å². The highest BCUT2D eigenvalue weighted by atomic mass is 16.5. The molecule has 2 aromatic rings. The van der Waals surface area contributed by atoms with E-state index in [2.05, 4.69) is 23.9 Å². The fraction of sp³-hybridized carbons (Fsp3) is 0.300. The van der Waals surface area contributed by atoms with Crippen molar-refractivity contribution in [2.45, 2.75) is 26.7 Å². The summed E-state index contributed by atoms with van der Waals surface area (Å²) >= 11 is 0. The molecule has 0 heterocycles. The summed E-state index contributed by atoms with van der Waals surface area (Å²) in [6, 6.07) is 12.6. The first kappa shape index (κ1) is 18.5. The lowest BCUT2D eigenvalue weighted by Gasteiger charge is -2.15. The summed E-state index contributed by atoms with van der Waals surface area (Å²) in [5.74, 6) is -0.240. The topological polar surface area (TPSA) is 64.6 Å². The van der Waals surface area contributed by atoms with Crippen molar-refractivity contribution < 1.29 is 19.1 Å². The van der Waals surface area contributed by atoms with Crippen LogP contribution in [0.15, 0.2) is 42.5 Å². The third kappa shape index (κ3) is 4.83. The molecular weight excluding hydrogens is 318 g/mol. The maximum atomic E-state index is 12.3. The Kier molecular flexibility index (Phi) is 6.57. The molecule has 0 aliphatic carbocycles. The van der Waals surface area contributed by atoms with Crippen molar-refractivity contribution in [1.82, 2.24) is 0 Å². The Hall–Kier alpha value is -2.82. The normalized spacial score (nSPS) is 10.2. The van der Waals surface area contributed by atoms with Gasteiger partial charge in [-0.05, 0) is 42.2 Å². The molecule has 132 valence electrons. The van der Waals surface area contributed by atoms with Crippen LogP contribution in [-0.2, 0) is 22.4 Å². The van der Waals surface area contributed by atoms with Gasteiger partial charge in [-0.1, -0.05) is 38.1 Å². The second kappa shape index (κ2) is 8.87. The largest absolute Gasteiger partial charge is 0.484 e. The van der Waals surface area contributed by atoms with Gasteiger partial charge >= 0.3 is 5.97 Å². The van der Waals surface area contributed by atoms with Crippen LogP contribution in [0.4, 0.5) is 5.69 Å². The molecule has 0 aliphatic rings. The quantitative estimate of drug-likeness (QED) is 0.781. The summed E-state index contributed by atoms with van der Waals surface area (Å²) < 4.78 is 10.2. The maximum absolute atomic E-state index is 12.3. The van der Waals surface area contributed by atoms with E-state index >= 15 is 0 Å². The summed E-state index contributed by atoms with van der Waals surface area (Å²) in [6.45, 7) is 3.98. The molecule has 1 amide bonds. The fourth-order valence-corrected chi connectivity index (χ4v) is 2.56. The Bertz CT molecular complexity index is 733. The minimum absolute atomic E-state index is 0.133. The zero-order valence-corrected chi connectivity index (χ0v) is 14.8. The second-order valence-corrected chi connectivity index (χ2v) is 5.51. The minimum atomic E-state index is -0.445. The van der Waals surface area contributed by atoms with E-state index < -0.39 is 5.97 Å². The van der Waals surface area contributed by atoms with Gasteiger partial charge in [0.2, 0.25) is 0 Å². The van der Waals surface area contributed by atoms with Gasteiger partial charge in [-0.3, -0.25) is 4.79 Å². The first-order valence-corrected chi connectivity index (χ1v) is 8.30. The summed E-state index contributed by atoms with van der Waals surface area (Å²) in [5.41, 5.74) is 3.44. The van der Waals surface area contributed by atoms with Crippen molar-refractivity contribution in [2.24, 2.45) is 0 Å². The van der Waals surface area contributed by atoms with Crippen LogP contribution in [0.5, 0.6) is 5.75 Å². The molecule has 0 saturated heterocycles. The predicted molar refractivity (Wildman–Crippen MR) is 97.1 cm³/mol. The molecule has 1 N–H and O–H groups in total.